The lowest BCUT2D eigenvalue weighted by Crippen LogP contribution is -2.60. The lowest BCUT2D eigenvalue weighted by Gasteiger charge is -2.39. The zero-order chi connectivity index (χ0) is 73.5. The zero-order valence-corrected chi connectivity index (χ0v) is 56.2. The summed E-state index contributed by atoms with van der Waals surface area (Å²) in [7, 11) is 1.28. The molecular formula is C68H78ClN9O23. The molecule has 101 heavy (non-hydrogen) atoms. The van der Waals surface area contributed by atoms with Crippen molar-refractivity contribution in [2.45, 2.75) is 164 Å². The Morgan fingerprint density at radius 3 is 1.94 bits per heavy atom. The van der Waals surface area contributed by atoms with Crippen molar-refractivity contribution in [3.63, 3.8) is 0 Å². The quantitative estimate of drug-likeness (QED) is 0.0838. The van der Waals surface area contributed by atoms with Crippen LogP contribution in [-0.2, 0) is 47.8 Å². The number of halogens is 1. The molecule has 18 N–H and O–H groups in total. The SMILES string of the molecule is Cc1cc2ccc1Oc1cc3cc(c1O[C@@H]1O[C@H](CO)[C@@H](O)[C@H](O)[C@H]1O)Oc1ccc(cc1Cl)[C@@H](O)[C@@H]1NC(=O)[C@H](NC(=O)[C@@H]3NC(=O)[C@H](CC(N)=O)NC(=O)[C@H](NC(=O)[C@@H](CC(C)C)N(C)C(=O)OC(C)(C)C)[C@@H]2O)c2ccc(O)c(c2)-c2c(O)cc(O)cc2[C@@H](C(=O)NC2CC2)NC1=O. The monoisotopic (exact) mass is 1420 g/mol. The van der Waals surface area contributed by atoms with Crippen LogP contribution in [0.5, 0.6) is 46.0 Å². The number of hydrogen-bond donors (Lipinski definition) is 17. The Balaban J connectivity index is 1.20. The Morgan fingerprint density at radius 1 is 0.693 bits per heavy atom. The summed E-state index contributed by atoms with van der Waals surface area (Å²) in [6.07, 6.45) is -15.0. The molecule has 14 atom stereocenters. The average Bonchev–Trinajstić information content (AvgIpc) is 1.68. The number of rotatable bonds is 12. The van der Waals surface area contributed by atoms with E-state index in [1.165, 1.54) is 38.2 Å². The van der Waals surface area contributed by atoms with Crippen LogP contribution in [0.15, 0.2) is 78.9 Å². The van der Waals surface area contributed by atoms with Gasteiger partial charge in [-0.3, -0.25) is 43.3 Å². The van der Waals surface area contributed by atoms with E-state index in [9.17, 15) is 65.1 Å². The number of nitrogens with two attached hydrogens (primary N) is 1. The number of aryl methyl sites for hydroxylation is 1. The normalized spacial score (nSPS) is 25.6. The molecule has 5 aromatic rings. The van der Waals surface area contributed by atoms with Crippen LogP contribution in [0.25, 0.3) is 11.1 Å². The number of likely N-dealkylation sites (N-methyl/N-ethyl adjacent to an activating group) is 1. The number of phenolic OH excluding ortho intramolecular Hbond substituents is 3. The number of aromatic hydroxyl groups is 3. The first-order valence-corrected chi connectivity index (χ1v) is 32.5. The number of benzene rings is 5. The lowest BCUT2D eigenvalue weighted by atomic mass is 9.89. The molecule has 1 saturated carbocycles. The van der Waals surface area contributed by atoms with Crippen molar-refractivity contribution in [2.24, 2.45) is 11.7 Å². The molecule has 5 aromatic carbocycles. The van der Waals surface area contributed by atoms with E-state index in [1.54, 1.807) is 34.6 Å². The van der Waals surface area contributed by atoms with E-state index in [4.69, 9.17) is 41.0 Å². The van der Waals surface area contributed by atoms with Crippen LogP contribution < -0.4 is 57.2 Å². The first-order chi connectivity index (χ1) is 47.6. The highest BCUT2D eigenvalue weighted by atomic mass is 35.5. The van der Waals surface area contributed by atoms with E-state index in [-0.39, 0.29) is 73.8 Å². The summed E-state index contributed by atoms with van der Waals surface area (Å²) in [4.78, 5) is 134. The fraction of sp³-hybridized carbons (Fsp3) is 0.426. The van der Waals surface area contributed by atoms with Crippen LogP contribution in [0.2, 0.25) is 5.02 Å². The summed E-state index contributed by atoms with van der Waals surface area (Å²) >= 11 is 7.03. The average molecular weight is 1420 g/mol. The van der Waals surface area contributed by atoms with Gasteiger partial charge in [0.1, 0.15) is 113 Å². The minimum atomic E-state index is -2.31. The van der Waals surface area contributed by atoms with Crippen molar-refractivity contribution >= 4 is 65.0 Å². The smallest absolute Gasteiger partial charge is 0.410 e. The minimum Gasteiger partial charge on any atom is -0.508 e. The van der Waals surface area contributed by atoms with Crippen molar-refractivity contribution in [2.75, 3.05) is 13.7 Å². The van der Waals surface area contributed by atoms with E-state index in [0.717, 1.165) is 59.5 Å². The Bertz CT molecular complexity index is 4110. The van der Waals surface area contributed by atoms with Crippen molar-refractivity contribution in [3.05, 3.63) is 117 Å². The van der Waals surface area contributed by atoms with Gasteiger partial charge >= 0.3 is 6.09 Å². The van der Waals surface area contributed by atoms with Crippen LogP contribution in [0.3, 0.4) is 0 Å². The third kappa shape index (κ3) is 16.2. The number of primary amides is 1. The van der Waals surface area contributed by atoms with Gasteiger partial charge < -0.3 is 113 Å². The molecule has 0 aromatic heterocycles. The molecule has 32 nitrogen and oxygen atoms in total. The second kappa shape index (κ2) is 29.6. The van der Waals surface area contributed by atoms with Gasteiger partial charge in [-0.15, -0.1) is 0 Å². The first-order valence-electron chi connectivity index (χ1n) is 32.1. The Morgan fingerprint density at radius 2 is 1.32 bits per heavy atom. The second-order valence-electron chi connectivity index (χ2n) is 26.7. The Hall–Kier alpha value is -10.1. The van der Waals surface area contributed by atoms with Crippen LogP contribution in [-0.4, -0.2) is 184 Å². The number of fused-ring (bicyclic) bond motifs is 15. The van der Waals surface area contributed by atoms with Crippen LogP contribution in [0.1, 0.15) is 124 Å². The number of phenols is 3. The highest BCUT2D eigenvalue weighted by molar-refractivity contribution is 6.32. The molecule has 6 aliphatic heterocycles. The van der Waals surface area contributed by atoms with Crippen LogP contribution >= 0.6 is 11.6 Å². The van der Waals surface area contributed by atoms with Gasteiger partial charge in [0.15, 0.2) is 11.5 Å². The summed E-state index contributed by atoms with van der Waals surface area (Å²) in [6, 6.07) is 0.0400. The van der Waals surface area contributed by atoms with Gasteiger partial charge in [0.25, 0.3) is 0 Å². The summed E-state index contributed by atoms with van der Waals surface area (Å²) in [5, 5.41) is 120. The van der Waals surface area contributed by atoms with E-state index in [0.29, 0.717) is 12.8 Å². The first kappa shape index (κ1) is 73.7. The minimum absolute atomic E-state index is 0.0281. The van der Waals surface area contributed by atoms with E-state index in [2.05, 4.69) is 37.2 Å². The Labute approximate surface area is 581 Å². The van der Waals surface area contributed by atoms with Gasteiger partial charge in [-0.2, -0.15) is 0 Å². The van der Waals surface area contributed by atoms with Crippen LogP contribution in [0.4, 0.5) is 4.79 Å². The molecule has 0 spiro atoms. The van der Waals surface area contributed by atoms with E-state index >= 15 is 24.0 Å². The zero-order valence-electron chi connectivity index (χ0n) is 55.4. The van der Waals surface area contributed by atoms with Crippen molar-refractivity contribution in [1.29, 1.82) is 0 Å². The van der Waals surface area contributed by atoms with Crippen molar-refractivity contribution in [1.82, 2.24) is 42.1 Å². The van der Waals surface area contributed by atoms with Gasteiger partial charge in [0.2, 0.25) is 59.3 Å². The standard InChI is InChI=1S/C68H78ClN9O23/c1-26(2)16-38(78(7)67(96)101-68(4,5)6)60(90)76-51-53(84)29-9-14-41(27(3)17-29)97-43-20-31-21-44(58(43)100-66-57(88)56(87)55(86)45(25-79)99-66)98-42-15-10-30(19-36(42)69)54(85)52-65(95)75-50(63(93)71-32-11-12-32)35-22-33(80)23-40(82)47(35)34-18-28(8-13-39(34)81)48(61(91)77-52)74-62(92)49(31)73-59(89)37(24-46(70)83)72-64(51)94/h8-10,13-15,17-23,26,32,37-38,45,48-57,66,79-82,84-88H,11-12,16,24-25H2,1-7H3,(H2,70,83)(H,71,93)(H,72,94)(H,73,89)(H,74,92)(H,75,95)(H,76,90)(H,77,91)/t37-,38+,45+,48+,49+,50-,51+,52-,53+,54+,55+,56-,57+,66-/m0/s1. The van der Waals surface area contributed by atoms with E-state index in [1.807, 2.05) is 0 Å². The molecule has 6 heterocycles. The summed E-state index contributed by atoms with van der Waals surface area (Å²) in [5.74, 6) is -14.5. The number of nitrogens with one attached hydrogen (secondary N) is 7. The van der Waals surface area contributed by atoms with Crippen LogP contribution in [0, 0.1) is 12.8 Å². The number of nitrogens with zero attached hydrogens (tertiary/aromatic N) is 1. The fourth-order valence-corrected chi connectivity index (χ4v) is 12.2. The number of carbonyl (C=O) groups excluding carboxylic acids is 9. The molecule has 540 valence electrons. The van der Waals surface area contributed by atoms with Gasteiger partial charge in [0, 0.05) is 30.3 Å². The van der Waals surface area contributed by atoms with Gasteiger partial charge in [0.05, 0.1) is 18.1 Å². The fourth-order valence-electron chi connectivity index (χ4n) is 12.0. The molecule has 1 aliphatic carbocycles. The van der Waals surface area contributed by atoms with Gasteiger partial charge in [-0.05, 0) is 141 Å². The van der Waals surface area contributed by atoms with Gasteiger partial charge in [-0.25, -0.2) is 4.79 Å². The molecule has 2 fully saturated rings. The number of carbonyl (C=O) groups is 9. The molecule has 7 aliphatic rings. The third-order valence-corrected chi connectivity index (χ3v) is 17.6. The Kier molecular flexibility index (Phi) is 21.6. The maximum atomic E-state index is 16.0. The highest BCUT2D eigenvalue weighted by Gasteiger charge is 2.47. The summed E-state index contributed by atoms with van der Waals surface area (Å²) in [5.41, 5.74) is 2.78. The molecule has 9 amide bonds. The highest BCUT2D eigenvalue weighted by Crippen LogP contribution is 2.49. The summed E-state index contributed by atoms with van der Waals surface area (Å²) in [6.45, 7) is 8.83. The predicted octanol–water partition coefficient (Wildman–Crippen LogP) is 1.37. The number of aliphatic hydroxyl groups excluding tert-OH is 6. The number of aliphatic hydroxyl groups is 6. The number of hydrogen-bond acceptors (Lipinski definition) is 23. The number of amides is 9. The lowest BCUT2D eigenvalue weighted by molar-refractivity contribution is -0.277. The van der Waals surface area contributed by atoms with Crippen molar-refractivity contribution in [3.8, 4) is 57.1 Å². The summed E-state index contributed by atoms with van der Waals surface area (Å²) < 4.78 is 30.9. The predicted molar refractivity (Wildman–Crippen MR) is 351 cm³/mol. The molecule has 1 saturated heterocycles. The number of ether oxygens (including phenoxy) is 5. The van der Waals surface area contributed by atoms with Gasteiger partial charge in [-0.1, -0.05) is 43.6 Å². The van der Waals surface area contributed by atoms with Crippen molar-refractivity contribution < 1.29 is 113 Å². The van der Waals surface area contributed by atoms with E-state index < -0.39 is 197 Å². The molecule has 0 radical (unpaired) electrons. The maximum absolute atomic E-state index is 16.0. The molecule has 12 rings (SSSR count). The third-order valence-electron chi connectivity index (χ3n) is 17.4. The molecule has 0 unspecified atom stereocenters. The molecule has 11 bridgehead atoms. The largest absolute Gasteiger partial charge is 0.508 e. The topological polar surface area (TPSA) is 495 Å². The maximum Gasteiger partial charge on any atom is 0.410 e. The second-order valence-corrected chi connectivity index (χ2v) is 27.1. The molecular weight excluding hydrogens is 1350 g/mol. The molecule has 33 heteroatoms.